The lowest BCUT2D eigenvalue weighted by atomic mass is 10.0. The minimum absolute atomic E-state index is 0.0982. The predicted octanol–water partition coefficient (Wildman–Crippen LogP) is 20.3. The average molecular weight is 990 g/mol. The SMILES string of the molecule is CC/C=C\C/C=C\C/C=C\C/C=C\C/C=C\CCCC(=O)OC(COC(=O)CCCCCCCCCCC/C=C\C/C=C\CCCCCCC)COC(=O)CCCCCCCCCCCCCCCCC. The summed E-state index contributed by atoms with van der Waals surface area (Å²) >= 11 is 0. The van der Waals surface area contributed by atoms with E-state index in [2.05, 4.69) is 106 Å². The largest absolute Gasteiger partial charge is 0.462 e. The fourth-order valence-electron chi connectivity index (χ4n) is 8.39. The minimum Gasteiger partial charge on any atom is -0.462 e. The van der Waals surface area contributed by atoms with Crippen LogP contribution in [0.2, 0.25) is 0 Å². The first-order valence-corrected chi connectivity index (χ1v) is 30.1. The van der Waals surface area contributed by atoms with Gasteiger partial charge in [0.05, 0.1) is 0 Å². The molecule has 1 atom stereocenters. The van der Waals surface area contributed by atoms with E-state index in [1.807, 2.05) is 0 Å². The van der Waals surface area contributed by atoms with Crippen molar-refractivity contribution in [3.8, 4) is 0 Å². The molecule has 0 aromatic carbocycles. The smallest absolute Gasteiger partial charge is 0.306 e. The van der Waals surface area contributed by atoms with Gasteiger partial charge in [0.25, 0.3) is 0 Å². The van der Waals surface area contributed by atoms with Crippen molar-refractivity contribution in [1.29, 1.82) is 0 Å². The van der Waals surface area contributed by atoms with E-state index in [4.69, 9.17) is 14.2 Å². The Morgan fingerprint density at radius 3 is 0.901 bits per heavy atom. The molecule has 0 fully saturated rings. The van der Waals surface area contributed by atoms with E-state index in [1.54, 1.807) is 0 Å². The second-order valence-corrected chi connectivity index (χ2v) is 19.9. The van der Waals surface area contributed by atoms with Crippen molar-refractivity contribution >= 4 is 17.9 Å². The molecule has 0 heterocycles. The van der Waals surface area contributed by atoms with Gasteiger partial charge in [-0.05, 0) is 89.9 Å². The van der Waals surface area contributed by atoms with Crippen molar-refractivity contribution in [2.45, 2.75) is 297 Å². The number of ether oxygens (including phenoxy) is 3. The molecule has 0 rings (SSSR count). The number of unbranched alkanes of at least 4 members (excludes halogenated alkanes) is 29. The average Bonchev–Trinajstić information content (AvgIpc) is 3.37. The zero-order valence-electron chi connectivity index (χ0n) is 46.7. The van der Waals surface area contributed by atoms with Crippen LogP contribution in [0, 0.1) is 0 Å². The highest BCUT2D eigenvalue weighted by Crippen LogP contribution is 2.16. The maximum Gasteiger partial charge on any atom is 0.306 e. The Balaban J connectivity index is 4.43. The molecule has 0 aromatic heterocycles. The van der Waals surface area contributed by atoms with Gasteiger partial charge >= 0.3 is 17.9 Å². The van der Waals surface area contributed by atoms with Crippen molar-refractivity contribution < 1.29 is 28.6 Å². The van der Waals surface area contributed by atoms with E-state index in [0.717, 1.165) is 83.5 Å². The lowest BCUT2D eigenvalue weighted by Crippen LogP contribution is -2.30. The first-order chi connectivity index (χ1) is 35.0. The van der Waals surface area contributed by atoms with Gasteiger partial charge in [0.15, 0.2) is 6.10 Å². The molecule has 1 unspecified atom stereocenters. The maximum absolute atomic E-state index is 12.8. The first-order valence-electron chi connectivity index (χ1n) is 30.1. The van der Waals surface area contributed by atoms with Gasteiger partial charge in [-0.15, -0.1) is 0 Å². The number of carbonyl (C=O) groups excluding carboxylic acids is 3. The fraction of sp³-hybridized carbons (Fsp3) is 0.738. The molecule has 6 nitrogen and oxygen atoms in total. The second-order valence-electron chi connectivity index (χ2n) is 19.9. The molecular weight excluding hydrogens is 877 g/mol. The van der Waals surface area contributed by atoms with Gasteiger partial charge in [-0.3, -0.25) is 14.4 Å². The summed E-state index contributed by atoms with van der Waals surface area (Å²) in [7, 11) is 0. The summed E-state index contributed by atoms with van der Waals surface area (Å²) in [5, 5.41) is 0. The molecule has 0 N–H and O–H groups in total. The van der Waals surface area contributed by atoms with Gasteiger partial charge in [-0.1, -0.05) is 266 Å². The molecule has 0 aliphatic rings. The van der Waals surface area contributed by atoms with E-state index in [0.29, 0.717) is 19.3 Å². The number of hydrogen-bond donors (Lipinski definition) is 0. The molecule has 71 heavy (non-hydrogen) atoms. The molecule has 0 amide bonds. The molecule has 0 spiro atoms. The molecular formula is C65H112O6. The number of carbonyl (C=O) groups is 3. The summed E-state index contributed by atoms with van der Waals surface area (Å²) in [6, 6.07) is 0. The maximum atomic E-state index is 12.8. The number of rotatable bonds is 54. The topological polar surface area (TPSA) is 78.9 Å². The Morgan fingerprint density at radius 1 is 0.296 bits per heavy atom. The third-order valence-electron chi connectivity index (χ3n) is 12.9. The monoisotopic (exact) mass is 989 g/mol. The quantitative estimate of drug-likeness (QED) is 0.0261. The fourth-order valence-corrected chi connectivity index (χ4v) is 8.39. The summed E-state index contributed by atoms with van der Waals surface area (Å²) < 4.78 is 16.8. The summed E-state index contributed by atoms with van der Waals surface area (Å²) in [5.41, 5.74) is 0. The Labute approximate surface area is 439 Å². The third kappa shape index (κ3) is 57.4. The molecule has 0 aliphatic carbocycles. The van der Waals surface area contributed by atoms with Crippen LogP contribution in [-0.2, 0) is 28.6 Å². The van der Waals surface area contributed by atoms with Gasteiger partial charge in [0.1, 0.15) is 13.2 Å². The van der Waals surface area contributed by atoms with Crippen molar-refractivity contribution in [2.24, 2.45) is 0 Å². The number of esters is 3. The van der Waals surface area contributed by atoms with Gasteiger partial charge in [-0.25, -0.2) is 0 Å². The van der Waals surface area contributed by atoms with E-state index < -0.39 is 6.10 Å². The van der Waals surface area contributed by atoms with Crippen LogP contribution >= 0.6 is 0 Å². The van der Waals surface area contributed by atoms with Gasteiger partial charge in [-0.2, -0.15) is 0 Å². The minimum atomic E-state index is -0.807. The molecule has 0 saturated heterocycles. The molecule has 0 aliphatic heterocycles. The lowest BCUT2D eigenvalue weighted by Gasteiger charge is -2.18. The zero-order valence-corrected chi connectivity index (χ0v) is 46.7. The Hall–Kier alpha value is -3.41. The van der Waals surface area contributed by atoms with E-state index in [1.165, 1.54) is 161 Å². The van der Waals surface area contributed by atoms with Crippen LogP contribution in [0.5, 0.6) is 0 Å². The first kappa shape index (κ1) is 67.6. The summed E-state index contributed by atoms with van der Waals surface area (Å²) in [5.74, 6) is -0.952. The molecule has 0 radical (unpaired) electrons. The number of allylic oxidation sites excluding steroid dienone is 14. The van der Waals surface area contributed by atoms with Crippen LogP contribution in [0.25, 0.3) is 0 Å². The highest BCUT2D eigenvalue weighted by molar-refractivity contribution is 5.71. The van der Waals surface area contributed by atoms with Crippen LogP contribution in [0.15, 0.2) is 85.1 Å². The zero-order chi connectivity index (χ0) is 51.4. The number of hydrogen-bond acceptors (Lipinski definition) is 6. The van der Waals surface area contributed by atoms with Crippen molar-refractivity contribution in [3.63, 3.8) is 0 Å². The normalized spacial score (nSPS) is 12.7. The predicted molar refractivity (Wildman–Crippen MR) is 307 cm³/mol. The Morgan fingerprint density at radius 2 is 0.563 bits per heavy atom. The van der Waals surface area contributed by atoms with Crippen molar-refractivity contribution in [2.75, 3.05) is 13.2 Å². The summed E-state index contributed by atoms with van der Waals surface area (Å²) in [4.78, 5) is 38.2. The van der Waals surface area contributed by atoms with Crippen LogP contribution < -0.4 is 0 Å². The highest BCUT2D eigenvalue weighted by Gasteiger charge is 2.19. The van der Waals surface area contributed by atoms with Crippen LogP contribution in [-0.4, -0.2) is 37.2 Å². The lowest BCUT2D eigenvalue weighted by molar-refractivity contribution is -0.167. The van der Waals surface area contributed by atoms with Crippen LogP contribution in [0.4, 0.5) is 0 Å². The highest BCUT2D eigenvalue weighted by atomic mass is 16.6. The van der Waals surface area contributed by atoms with Crippen LogP contribution in [0.1, 0.15) is 290 Å². The standard InChI is InChI=1S/C65H112O6/c1-4-7-10-13-16-19-22-25-28-30-31-32-33-35-37-40-43-46-49-52-55-58-64(67)70-61-62(60-69-63(66)57-54-51-48-45-42-39-36-27-24-21-18-15-12-9-6-3)71-65(68)59-56-53-50-47-44-41-38-34-29-26-23-20-17-14-11-8-5-2/h8,11,17,20,22,25-26,29-31,38,41,47,50,62H,4-7,9-10,12-16,18-19,21,23-24,27-28,32-37,39-40,42-46,48-49,51-61H2,1-3H3/b11-8-,20-17-,25-22-,29-26-,31-30-,41-38-,50-47-. The third-order valence-corrected chi connectivity index (χ3v) is 12.9. The molecule has 0 saturated carbocycles. The van der Waals surface area contributed by atoms with Gasteiger partial charge in [0, 0.05) is 19.3 Å². The van der Waals surface area contributed by atoms with E-state index in [-0.39, 0.29) is 37.5 Å². The second kappa shape index (κ2) is 59.2. The van der Waals surface area contributed by atoms with Gasteiger partial charge < -0.3 is 14.2 Å². The Bertz CT molecular complexity index is 1370. The van der Waals surface area contributed by atoms with Gasteiger partial charge in [0.2, 0.25) is 0 Å². The van der Waals surface area contributed by atoms with Crippen LogP contribution in [0.3, 0.4) is 0 Å². The van der Waals surface area contributed by atoms with E-state index >= 15 is 0 Å². The summed E-state index contributed by atoms with van der Waals surface area (Å²) in [6.07, 6.45) is 77.2. The van der Waals surface area contributed by atoms with Crippen molar-refractivity contribution in [1.82, 2.24) is 0 Å². The molecule has 0 bridgehead atoms. The molecule has 408 valence electrons. The summed E-state index contributed by atoms with van der Waals surface area (Å²) in [6.45, 7) is 6.49. The molecule has 6 heteroatoms. The molecule has 0 aromatic rings. The van der Waals surface area contributed by atoms with Crippen molar-refractivity contribution in [3.05, 3.63) is 85.1 Å². The Kier molecular flexibility index (Phi) is 56.3. The van der Waals surface area contributed by atoms with E-state index in [9.17, 15) is 14.4 Å².